The highest BCUT2D eigenvalue weighted by atomic mass is 16.5. The number of esters is 1. The van der Waals surface area contributed by atoms with E-state index < -0.39 is 0 Å². The van der Waals surface area contributed by atoms with Gasteiger partial charge < -0.3 is 4.74 Å². The third-order valence-electron chi connectivity index (χ3n) is 1.49. The Morgan fingerprint density at radius 1 is 1.89 bits per heavy atom. The number of cyclic esters (lactones) is 1. The number of ether oxygens (including phenoxy) is 1. The van der Waals surface area contributed by atoms with Gasteiger partial charge in [0.05, 0.1) is 0 Å². The summed E-state index contributed by atoms with van der Waals surface area (Å²) in [5, 5.41) is 0. The van der Waals surface area contributed by atoms with Crippen molar-refractivity contribution in [2.75, 3.05) is 0 Å². The molecule has 1 rings (SSSR count). The van der Waals surface area contributed by atoms with E-state index in [2.05, 4.69) is 6.58 Å². The van der Waals surface area contributed by atoms with E-state index >= 15 is 0 Å². The van der Waals surface area contributed by atoms with Crippen LogP contribution in [0.2, 0.25) is 0 Å². The molecular formula is C7H10O2. The van der Waals surface area contributed by atoms with Crippen LogP contribution in [0, 0.1) is 0 Å². The van der Waals surface area contributed by atoms with Crippen molar-refractivity contribution in [3.8, 4) is 0 Å². The Bertz CT molecular complexity index is 133. The average molecular weight is 126 g/mol. The Hall–Kier alpha value is -0.790. The van der Waals surface area contributed by atoms with Crippen LogP contribution in [0.1, 0.15) is 19.8 Å². The molecule has 0 aromatic heterocycles. The second kappa shape index (κ2) is 2.21. The van der Waals surface area contributed by atoms with Crippen LogP contribution in [0.3, 0.4) is 0 Å². The third-order valence-corrected chi connectivity index (χ3v) is 1.49. The number of hydrogen-bond acceptors (Lipinski definition) is 2. The summed E-state index contributed by atoms with van der Waals surface area (Å²) >= 11 is 0. The second-order valence-electron chi connectivity index (χ2n) is 2.24. The summed E-state index contributed by atoms with van der Waals surface area (Å²) in [6.07, 6.45) is 1.71. The first-order chi connectivity index (χ1) is 4.24. The van der Waals surface area contributed by atoms with Crippen LogP contribution in [-0.4, -0.2) is 12.1 Å². The third kappa shape index (κ3) is 1.12. The van der Waals surface area contributed by atoms with Gasteiger partial charge in [0.15, 0.2) is 0 Å². The van der Waals surface area contributed by atoms with Crippen molar-refractivity contribution in [2.45, 2.75) is 25.9 Å². The van der Waals surface area contributed by atoms with Crippen molar-refractivity contribution >= 4 is 5.97 Å². The maximum Gasteiger partial charge on any atom is 0.333 e. The molecule has 0 saturated carbocycles. The lowest BCUT2D eigenvalue weighted by Crippen LogP contribution is -2.03. The summed E-state index contributed by atoms with van der Waals surface area (Å²) in [6, 6.07) is 0. The summed E-state index contributed by atoms with van der Waals surface area (Å²) in [7, 11) is 0. The minimum absolute atomic E-state index is 0.102. The lowest BCUT2D eigenvalue weighted by atomic mass is 10.1. The molecule has 0 aromatic carbocycles. The zero-order chi connectivity index (χ0) is 6.85. The number of hydrogen-bond donors (Lipinski definition) is 0. The lowest BCUT2D eigenvalue weighted by molar-refractivity contribution is -0.138. The summed E-state index contributed by atoms with van der Waals surface area (Å²) in [5.41, 5.74) is 0.613. The maximum atomic E-state index is 10.6. The van der Waals surface area contributed by atoms with Gasteiger partial charge in [0.2, 0.25) is 0 Å². The van der Waals surface area contributed by atoms with Crippen LogP contribution in [0.25, 0.3) is 0 Å². The standard InChI is InChI=1S/C7H10O2/c1-3-6-4-5(2)7(8)9-6/h6H,2-4H2,1H3/t6-/m1/s1. The molecule has 0 aromatic rings. The van der Waals surface area contributed by atoms with Crippen LogP contribution in [-0.2, 0) is 9.53 Å². The summed E-state index contributed by atoms with van der Waals surface area (Å²) in [6.45, 7) is 5.56. The van der Waals surface area contributed by atoms with E-state index in [4.69, 9.17) is 4.74 Å². The van der Waals surface area contributed by atoms with Gasteiger partial charge in [-0.05, 0) is 6.42 Å². The van der Waals surface area contributed by atoms with E-state index in [-0.39, 0.29) is 12.1 Å². The van der Waals surface area contributed by atoms with E-state index in [1.165, 1.54) is 0 Å². The molecule has 0 radical (unpaired) electrons. The zero-order valence-corrected chi connectivity index (χ0v) is 5.52. The number of carbonyl (C=O) groups excluding carboxylic acids is 1. The first kappa shape index (κ1) is 6.33. The van der Waals surface area contributed by atoms with Crippen molar-refractivity contribution in [2.24, 2.45) is 0 Å². The molecule has 0 aliphatic carbocycles. The summed E-state index contributed by atoms with van der Waals surface area (Å²) < 4.78 is 4.88. The molecule has 0 amide bonds. The van der Waals surface area contributed by atoms with Crippen molar-refractivity contribution in [1.82, 2.24) is 0 Å². The Kier molecular flexibility index (Phi) is 1.56. The number of carbonyl (C=O) groups is 1. The van der Waals surface area contributed by atoms with Gasteiger partial charge in [-0.2, -0.15) is 0 Å². The van der Waals surface area contributed by atoms with E-state index in [9.17, 15) is 4.79 Å². The molecule has 2 nitrogen and oxygen atoms in total. The Morgan fingerprint density at radius 3 is 2.78 bits per heavy atom. The molecule has 1 fully saturated rings. The van der Waals surface area contributed by atoms with Gasteiger partial charge >= 0.3 is 5.97 Å². The van der Waals surface area contributed by atoms with E-state index in [1.807, 2.05) is 6.92 Å². The fourth-order valence-corrected chi connectivity index (χ4v) is 0.862. The topological polar surface area (TPSA) is 26.3 Å². The van der Waals surface area contributed by atoms with Crippen LogP contribution in [0.15, 0.2) is 12.2 Å². The quantitative estimate of drug-likeness (QED) is 0.390. The largest absolute Gasteiger partial charge is 0.459 e. The lowest BCUT2D eigenvalue weighted by Gasteiger charge is -2.01. The normalized spacial score (nSPS) is 26.6. The first-order valence-electron chi connectivity index (χ1n) is 3.12. The smallest absolute Gasteiger partial charge is 0.333 e. The van der Waals surface area contributed by atoms with E-state index in [0.29, 0.717) is 5.57 Å². The molecule has 0 bridgehead atoms. The van der Waals surface area contributed by atoms with E-state index in [1.54, 1.807) is 0 Å². The van der Waals surface area contributed by atoms with Crippen molar-refractivity contribution in [3.05, 3.63) is 12.2 Å². The molecule has 0 spiro atoms. The van der Waals surface area contributed by atoms with Crippen molar-refractivity contribution in [1.29, 1.82) is 0 Å². The van der Waals surface area contributed by atoms with Crippen LogP contribution < -0.4 is 0 Å². The zero-order valence-electron chi connectivity index (χ0n) is 5.52. The Balaban J connectivity index is 2.54. The molecule has 1 heterocycles. The fraction of sp³-hybridized carbons (Fsp3) is 0.571. The minimum atomic E-state index is -0.221. The molecule has 50 valence electrons. The average Bonchev–Trinajstić information content (AvgIpc) is 2.13. The second-order valence-corrected chi connectivity index (χ2v) is 2.24. The van der Waals surface area contributed by atoms with Crippen molar-refractivity contribution in [3.63, 3.8) is 0 Å². The van der Waals surface area contributed by atoms with Gasteiger partial charge in [-0.15, -0.1) is 0 Å². The van der Waals surface area contributed by atoms with Gasteiger partial charge in [0, 0.05) is 12.0 Å². The van der Waals surface area contributed by atoms with Gasteiger partial charge in [-0.25, -0.2) is 4.79 Å². The highest BCUT2D eigenvalue weighted by Crippen LogP contribution is 2.20. The fourth-order valence-electron chi connectivity index (χ4n) is 0.862. The highest BCUT2D eigenvalue weighted by molar-refractivity contribution is 5.89. The minimum Gasteiger partial charge on any atom is -0.459 e. The monoisotopic (exact) mass is 126 g/mol. The van der Waals surface area contributed by atoms with E-state index in [0.717, 1.165) is 12.8 Å². The molecule has 0 N–H and O–H groups in total. The molecule has 1 saturated heterocycles. The summed E-state index contributed by atoms with van der Waals surface area (Å²) in [4.78, 5) is 10.6. The molecule has 0 unspecified atom stereocenters. The molecule has 2 heteroatoms. The molecule has 9 heavy (non-hydrogen) atoms. The van der Waals surface area contributed by atoms with Crippen LogP contribution in [0.4, 0.5) is 0 Å². The number of rotatable bonds is 1. The predicted molar refractivity (Wildman–Crippen MR) is 33.9 cm³/mol. The SMILES string of the molecule is C=C1C[C@@H](CC)OC1=O. The molecular weight excluding hydrogens is 116 g/mol. The first-order valence-corrected chi connectivity index (χ1v) is 3.12. The Labute approximate surface area is 54.5 Å². The van der Waals surface area contributed by atoms with Crippen molar-refractivity contribution < 1.29 is 9.53 Å². The van der Waals surface area contributed by atoms with Gasteiger partial charge in [0.1, 0.15) is 6.10 Å². The van der Waals surface area contributed by atoms with Gasteiger partial charge in [-0.1, -0.05) is 13.5 Å². The Morgan fingerprint density at radius 2 is 2.56 bits per heavy atom. The highest BCUT2D eigenvalue weighted by Gasteiger charge is 2.25. The molecule has 1 aliphatic rings. The van der Waals surface area contributed by atoms with Crippen LogP contribution in [0.5, 0.6) is 0 Å². The molecule has 1 aliphatic heterocycles. The maximum absolute atomic E-state index is 10.6. The predicted octanol–water partition coefficient (Wildman–Crippen LogP) is 1.27. The van der Waals surface area contributed by atoms with Crippen LogP contribution >= 0.6 is 0 Å². The van der Waals surface area contributed by atoms with Gasteiger partial charge in [0.25, 0.3) is 0 Å². The summed E-state index contributed by atoms with van der Waals surface area (Å²) in [5.74, 6) is -0.221. The molecule has 1 atom stereocenters. The van der Waals surface area contributed by atoms with Gasteiger partial charge in [-0.3, -0.25) is 0 Å².